The first-order chi connectivity index (χ1) is 18.5. The van der Waals surface area contributed by atoms with Crippen molar-refractivity contribution < 1.29 is 22.0 Å². The number of aromatic nitrogens is 4. The highest BCUT2D eigenvalue weighted by Crippen LogP contribution is 2.57. The first-order valence-electron chi connectivity index (χ1n) is 13.1. The summed E-state index contributed by atoms with van der Waals surface area (Å²) in [4.78, 5) is 7.43. The van der Waals surface area contributed by atoms with Gasteiger partial charge in [0.1, 0.15) is 17.3 Å². The summed E-state index contributed by atoms with van der Waals surface area (Å²) in [6.07, 6.45) is -1.70. The van der Waals surface area contributed by atoms with E-state index in [1.807, 2.05) is 21.6 Å². The summed E-state index contributed by atoms with van der Waals surface area (Å²) >= 11 is 6.30. The molecule has 2 aromatic heterocycles. The quantitative estimate of drug-likeness (QED) is 0.352. The molecule has 39 heavy (non-hydrogen) atoms. The second-order valence-electron chi connectivity index (χ2n) is 11.6. The SMILES string of the molecule is FC(F)(F)c1cccc(N2CC3(CC(c4nnc5n4-c4ccc(Cl)cc4CN(CC(F)(F)C4CC4)C5)C3)C2)n1. The second kappa shape index (κ2) is 8.60. The topological polar surface area (TPSA) is 50.1 Å². The fraction of sp³-hybridized carbons (Fsp3) is 0.519. The van der Waals surface area contributed by atoms with Crippen molar-refractivity contribution in [3.63, 3.8) is 0 Å². The van der Waals surface area contributed by atoms with Crippen LogP contribution in [0, 0.1) is 11.3 Å². The smallest absolute Gasteiger partial charge is 0.355 e. The lowest BCUT2D eigenvalue weighted by Crippen LogP contribution is -2.62. The summed E-state index contributed by atoms with van der Waals surface area (Å²) in [6.45, 7) is 1.53. The third-order valence-electron chi connectivity index (χ3n) is 8.53. The standard InChI is InChI=1S/C27H26ClF5N6/c28-19-6-7-20-16(8-19)11-37(15-26(29,30)18-4-5-18)12-23-35-36-24(39(20)23)17-9-25(10-17)13-38(14-25)22-3-1-2-21(34-22)27(31,32)33/h1-3,6-8,17-18H,4-5,9-15H2. The molecule has 0 amide bonds. The summed E-state index contributed by atoms with van der Waals surface area (Å²) in [6, 6.07) is 9.49. The van der Waals surface area contributed by atoms with Crippen molar-refractivity contribution in [2.45, 2.75) is 56.8 Å². The van der Waals surface area contributed by atoms with Crippen molar-refractivity contribution >= 4 is 17.4 Å². The number of hydrogen-bond donors (Lipinski definition) is 0. The molecule has 2 aliphatic carbocycles. The lowest BCUT2D eigenvalue weighted by atomic mass is 9.57. The van der Waals surface area contributed by atoms with E-state index in [0.29, 0.717) is 49.1 Å². The number of fused-ring (bicyclic) bond motifs is 3. The summed E-state index contributed by atoms with van der Waals surface area (Å²) < 4.78 is 70.7. The van der Waals surface area contributed by atoms with Gasteiger partial charge in [-0.15, -0.1) is 10.2 Å². The molecule has 4 heterocycles. The molecular formula is C27H26ClF5N6. The second-order valence-corrected chi connectivity index (χ2v) is 12.0. The lowest BCUT2D eigenvalue weighted by molar-refractivity contribution is -0.141. The van der Waals surface area contributed by atoms with Crippen molar-refractivity contribution in [3.8, 4) is 5.69 Å². The fourth-order valence-electron chi connectivity index (χ4n) is 6.51. The van der Waals surface area contributed by atoms with Gasteiger partial charge in [0.2, 0.25) is 0 Å². The van der Waals surface area contributed by atoms with Gasteiger partial charge in [0.15, 0.2) is 5.82 Å². The first-order valence-corrected chi connectivity index (χ1v) is 13.5. The Balaban J connectivity index is 1.10. The highest BCUT2D eigenvalue weighted by atomic mass is 35.5. The number of alkyl halides is 5. The van der Waals surface area contributed by atoms with Gasteiger partial charge in [-0.3, -0.25) is 9.47 Å². The molecule has 3 aromatic rings. The third kappa shape index (κ3) is 4.47. The number of hydrogen-bond acceptors (Lipinski definition) is 5. The molecule has 7 rings (SSSR count). The van der Waals surface area contributed by atoms with Crippen LogP contribution in [0.25, 0.3) is 5.69 Å². The molecule has 1 saturated heterocycles. The molecule has 0 radical (unpaired) electrons. The molecular weight excluding hydrogens is 539 g/mol. The van der Waals surface area contributed by atoms with Crippen LogP contribution < -0.4 is 4.90 Å². The van der Waals surface area contributed by atoms with Gasteiger partial charge >= 0.3 is 6.18 Å². The molecule has 206 valence electrons. The van der Waals surface area contributed by atoms with Crippen LogP contribution in [0.5, 0.6) is 0 Å². The van der Waals surface area contributed by atoms with Crippen molar-refractivity contribution in [2.24, 2.45) is 11.3 Å². The Morgan fingerprint density at radius 2 is 1.74 bits per heavy atom. The van der Waals surface area contributed by atoms with Gasteiger partial charge in [0.25, 0.3) is 5.92 Å². The number of anilines is 1. The normalized spacial score (nSPS) is 21.2. The molecule has 0 N–H and O–H groups in total. The molecule has 3 fully saturated rings. The number of nitrogens with zero attached hydrogens (tertiary/aromatic N) is 6. The largest absolute Gasteiger partial charge is 0.433 e. The molecule has 4 aliphatic rings. The van der Waals surface area contributed by atoms with E-state index in [2.05, 4.69) is 15.2 Å². The maximum Gasteiger partial charge on any atom is 0.433 e. The molecule has 1 spiro atoms. The number of benzene rings is 1. The van der Waals surface area contributed by atoms with Gasteiger partial charge in [-0.1, -0.05) is 17.7 Å². The fourth-order valence-corrected chi connectivity index (χ4v) is 6.70. The molecule has 1 aromatic carbocycles. The molecule has 0 bridgehead atoms. The Kier molecular flexibility index (Phi) is 5.56. The summed E-state index contributed by atoms with van der Waals surface area (Å²) in [5, 5.41) is 9.49. The van der Waals surface area contributed by atoms with Crippen molar-refractivity contribution in [2.75, 3.05) is 24.5 Å². The van der Waals surface area contributed by atoms with E-state index in [9.17, 15) is 22.0 Å². The van der Waals surface area contributed by atoms with E-state index < -0.39 is 23.7 Å². The van der Waals surface area contributed by atoms with Crippen LogP contribution >= 0.6 is 11.6 Å². The van der Waals surface area contributed by atoms with Crippen LogP contribution in [0.1, 0.15) is 54.5 Å². The summed E-state index contributed by atoms with van der Waals surface area (Å²) in [5.41, 5.74) is 0.824. The molecule has 2 saturated carbocycles. The van der Waals surface area contributed by atoms with Gasteiger partial charge in [0.05, 0.1) is 18.8 Å². The summed E-state index contributed by atoms with van der Waals surface area (Å²) in [7, 11) is 0. The Labute approximate surface area is 226 Å². The molecule has 6 nitrogen and oxygen atoms in total. The van der Waals surface area contributed by atoms with E-state index in [-0.39, 0.29) is 24.4 Å². The minimum atomic E-state index is -4.48. The first kappa shape index (κ1) is 25.2. The van der Waals surface area contributed by atoms with Crippen molar-refractivity contribution in [1.82, 2.24) is 24.6 Å². The number of rotatable bonds is 5. The predicted octanol–water partition coefficient (Wildman–Crippen LogP) is 6.08. The zero-order valence-electron chi connectivity index (χ0n) is 20.9. The molecule has 0 unspecified atom stereocenters. The Morgan fingerprint density at radius 1 is 0.974 bits per heavy atom. The lowest BCUT2D eigenvalue weighted by Gasteiger charge is -2.59. The van der Waals surface area contributed by atoms with Crippen LogP contribution in [-0.2, 0) is 19.3 Å². The Morgan fingerprint density at radius 3 is 2.46 bits per heavy atom. The number of pyridine rings is 1. The predicted molar refractivity (Wildman–Crippen MR) is 134 cm³/mol. The molecule has 12 heteroatoms. The van der Waals surface area contributed by atoms with Gasteiger partial charge in [-0.25, -0.2) is 13.8 Å². The van der Waals surface area contributed by atoms with E-state index in [0.717, 1.165) is 36.0 Å². The minimum absolute atomic E-state index is 0.00110. The zero-order chi connectivity index (χ0) is 27.2. The monoisotopic (exact) mass is 564 g/mol. The Bertz CT molecular complexity index is 1420. The average molecular weight is 565 g/mol. The van der Waals surface area contributed by atoms with E-state index in [1.165, 1.54) is 6.07 Å². The highest BCUT2D eigenvalue weighted by molar-refractivity contribution is 6.30. The van der Waals surface area contributed by atoms with Crippen LogP contribution in [0.15, 0.2) is 36.4 Å². The van der Waals surface area contributed by atoms with Gasteiger partial charge in [-0.2, -0.15) is 13.2 Å². The third-order valence-corrected chi connectivity index (χ3v) is 8.77. The number of halogens is 6. The average Bonchev–Trinajstić information content (AvgIpc) is 3.62. The zero-order valence-corrected chi connectivity index (χ0v) is 21.7. The minimum Gasteiger partial charge on any atom is -0.355 e. The molecule has 0 atom stereocenters. The van der Waals surface area contributed by atoms with E-state index in [4.69, 9.17) is 11.6 Å². The van der Waals surface area contributed by atoms with Crippen LogP contribution in [0.4, 0.5) is 27.8 Å². The van der Waals surface area contributed by atoms with Crippen LogP contribution in [0.3, 0.4) is 0 Å². The highest BCUT2D eigenvalue weighted by Gasteiger charge is 2.55. The van der Waals surface area contributed by atoms with Crippen LogP contribution in [0.2, 0.25) is 5.02 Å². The van der Waals surface area contributed by atoms with Gasteiger partial charge in [0, 0.05) is 41.9 Å². The Hall–Kier alpha value is -2.79. The van der Waals surface area contributed by atoms with E-state index in [1.54, 1.807) is 17.0 Å². The van der Waals surface area contributed by atoms with Gasteiger partial charge in [-0.05, 0) is 61.6 Å². The maximum absolute atomic E-state index is 14.7. The van der Waals surface area contributed by atoms with Crippen molar-refractivity contribution in [1.29, 1.82) is 0 Å². The van der Waals surface area contributed by atoms with Crippen LogP contribution in [-0.4, -0.2) is 50.2 Å². The van der Waals surface area contributed by atoms with Crippen molar-refractivity contribution in [3.05, 3.63) is 64.3 Å². The van der Waals surface area contributed by atoms with Gasteiger partial charge < -0.3 is 4.90 Å². The summed E-state index contributed by atoms with van der Waals surface area (Å²) in [5.74, 6) is -1.42. The molecule has 2 aliphatic heterocycles. The van der Waals surface area contributed by atoms with E-state index >= 15 is 0 Å². The maximum atomic E-state index is 14.7.